The van der Waals surface area contributed by atoms with E-state index in [1.54, 1.807) is 11.0 Å². The molecule has 2 amide bonds. The first-order valence-electron chi connectivity index (χ1n) is 8.30. The fourth-order valence-corrected chi connectivity index (χ4v) is 3.33. The van der Waals surface area contributed by atoms with E-state index in [2.05, 4.69) is 5.32 Å². The molecule has 1 aliphatic carbocycles. The average Bonchev–Trinajstić information content (AvgIpc) is 2.92. The predicted molar refractivity (Wildman–Crippen MR) is 89.3 cm³/mol. The van der Waals surface area contributed by atoms with Crippen LogP contribution in [0.3, 0.4) is 0 Å². The average molecular weight is 334 g/mol. The zero-order valence-corrected chi connectivity index (χ0v) is 13.8. The number of likely N-dealkylation sites (N-methyl/N-ethyl adjacent to an activating group) is 1. The molecular formula is C17H23FN4O2. The molecule has 7 heteroatoms. The Morgan fingerprint density at radius 1 is 1.33 bits per heavy atom. The van der Waals surface area contributed by atoms with Gasteiger partial charge in [0.15, 0.2) is 0 Å². The molecule has 24 heavy (non-hydrogen) atoms. The van der Waals surface area contributed by atoms with Crippen molar-refractivity contribution in [2.75, 3.05) is 31.6 Å². The molecule has 130 valence electrons. The summed E-state index contributed by atoms with van der Waals surface area (Å²) in [4.78, 5) is 27.8. The van der Waals surface area contributed by atoms with Gasteiger partial charge in [0.05, 0.1) is 12.1 Å². The van der Waals surface area contributed by atoms with Crippen molar-refractivity contribution in [2.24, 2.45) is 5.73 Å². The van der Waals surface area contributed by atoms with Crippen molar-refractivity contribution in [2.45, 2.75) is 31.3 Å². The normalized spacial score (nSPS) is 25.1. The molecule has 0 radical (unpaired) electrons. The van der Waals surface area contributed by atoms with Gasteiger partial charge in [-0.2, -0.15) is 0 Å². The Bertz CT molecular complexity index is 651. The number of halogens is 1. The Labute approximate surface area is 140 Å². The van der Waals surface area contributed by atoms with E-state index < -0.39 is 11.7 Å². The summed E-state index contributed by atoms with van der Waals surface area (Å²) < 4.78 is 14.4. The molecule has 0 spiro atoms. The van der Waals surface area contributed by atoms with E-state index in [-0.39, 0.29) is 23.6 Å². The quantitative estimate of drug-likeness (QED) is 0.853. The van der Waals surface area contributed by atoms with Crippen molar-refractivity contribution in [1.82, 2.24) is 10.2 Å². The Balaban J connectivity index is 1.72. The van der Waals surface area contributed by atoms with E-state index in [4.69, 9.17) is 5.73 Å². The summed E-state index contributed by atoms with van der Waals surface area (Å²) in [5.41, 5.74) is 6.41. The fraction of sp³-hybridized carbons (Fsp3) is 0.529. The Hall–Kier alpha value is -1.99. The maximum Gasteiger partial charge on any atom is 0.254 e. The van der Waals surface area contributed by atoms with Gasteiger partial charge in [-0.3, -0.25) is 14.5 Å². The summed E-state index contributed by atoms with van der Waals surface area (Å²) in [5, 5.41) is 2.81. The second kappa shape index (κ2) is 6.86. The highest BCUT2D eigenvalue weighted by atomic mass is 19.1. The second-order valence-electron chi connectivity index (χ2n) is 6.62. The standard InChI is InChI=1S/C17H23FN4O2/c1-21-7-8-22(16(23)10-21)11-5-6-12(13(18)9-11)17(24)20-15-4-2-3-14(15)19/h5-6,9,14-15H,2-4,7-8,10,19H2,1H3,(H,20,24). The molecule has 2 aliphatic rings. The van der Waals surface area contributed by atoms with Crippen molar-refractivity contribution in [3.63, 3.8) is 0 Å². The molecule has 2 fully saturated rings. The zero-order valence-electron chi connectivity index (χ0n) is 13.8. The summed E-state index contributed by atoms with van der Waals surface area (Å²) in [5.74, 6) is -1.15. The molecule has 2 atom stereocenters. The van der Waals surface area contributed by atoms with Crippen molar-refractivity contribution in [3.8, 4) is 0 Å². The van der Waals surface area contributed by atoms with E-state index in [1.807, 2.05) is 11.9 Å². The molecule has 6 nitrogen and oxygen atoms in total. The summed E-state index contributed by atoms with van der Waals surface area (Å²) in [6, 6.07) is 4.14. The van der Waals surface area contributed by atoms with Gasteiger partial charge in [-0.05, 0) is 44.5 Å². The summed E-state index contributed by atoms with van der Waals surface area (Å²) >= 11 is 0. The van der Waals surface area contributed by atoms with Crippen LogP contribution in [0.2, 0.25) is 0 Å². The first-order valence-corrected chi connectivity index (χ1v) is 8.30. The molecule has 3 N–H and O–H groups in total. The highest BCUT2D eigenvalue weighted by Crippen LogP contribution is 2.22. The Morgan fingerprint density at radius 2 is 2.12 bits per heavy atom. The molecule has 1 saturated carbocycles. The van der Waals surface area contributed by atoms with Crippen LogP contribution in [0.25, 0.3) is 0 Å². The van der Waals surface area contributed by atoms with Gasteiger partial charge in [-0.25, -0.2) is 4.39 Å². The van der Waals surface area contributed by atoms with Crippen LogP contribution in [0.15, 0.2) is 18.2 Å². The molecule has 1 aliphatic heterocycles. The third-order valence-electron chi connectivity index (χ3n) is 4.81. The predicted octanol–water partition coefficient (Wildman–Crippen LogP) is 0.714. The van der Waals surface area contributed by atoms with E-state index in [9.17, 15) is 14.0 Å². The lowest BCUT2D eigenvalue weighted by Gasteiger charge is -2.32. The molecule has 1 saturated heterocycles. The van der Waals surface area contributed by atoms with Crippen molar-refractivity contribution in [3.05, 3.63) is 29.6 Å². The lowest BCUT2D eigenvalue weighted by Crippen LogP contribution is -2.49. The third-order valence-corrected chi connectivity index (χ3v) is 4.81. The lowest BCUT2D eigenvalue weighted by atomic mass is 10.1. The molecule has 1 heterocycles. The van der Waals surface area contributed by atoms with Crippen molar-refractivity contribution < 1.29 is 14.0 Å². The number of carbonyl (C=O) groups excluding carboxylic acids is 2. The van der Waals surface area contributed by atoms with Gasteiger partial charge in [-0.15, -0.1) is 0 Å². The van der Waals surface area contributed by atoms with Gasteiger partial charge < -0.3 is 16.0 Å². The number of carbonyl (C=O) groups is 2. The fourth-order valence-electron chi connectivity index (χ4n) is 3.33. The van der Waals surface area contributed by atoms with Crippen LogP contribution < -0.4 is 16.0 Å². The smallest absolute Gasteiger partial charge is 0.254 e. The van der Waals surface area contributed by atoms with E-state index in [1.165, 1.54) is 12.1 Å². The molecular weight excluding hydrogens is 311 g/mol. The van der Waals surface area contributed by atoms with E-state index in [0.29, 0.717) is 18.8 Å². The minimum absolute atomic E-state index is 0.0144. The van der Waals surface area contributed by atoms with Crippen LogP contribution in [-0.4, -0.2) is 55.5 Å². The monoisotopic (exact) mass is 334 g/mol. The van der Waals surface area contributed by atoms with Crippen LogP contribution >= 0.6 is 0 Å². The molecule has 1 aromatic rings. The number of hydrogen-bond acceptors (Lipinski definition) is 4. The molecule has 3 rings (SSSR count). The van der Waals surface area contributed by atoms with Crippen LogP contribution in [0.5, 0.6) is 0 Å². The highest BCUT2D eigenvalue weighted by molar-refractivity contribution is 5.98. The van der Waals surface area contributed by atoms with Gasteiger partial charge in [0.25, 0.3) is 5.91 Å². The number of piperazine rings is 1. The number of nitrogens with one attached hydrogen (secondary N) is 1. The van der Waals surface area contributed by atoms with Gasteiger partial charge in [0, 0.05) is 30.9 Å². The summed E-state index contributed by atoms with van der Waals surface area (Å²) in [6.45, 7) is 1.55. The van der Waals surface area contributed by atoms with Gasteiger partial charge in [-0.1, -0.05) is 0 Å². The Morgan fingerprint density at radius 3 is 2.75 bits per heavy atom. The minimum Gasteiger partial charge on any atom is -0.348 e. The number of rotatable bonds is 3. The van der Waals surface area contributed by atoms with Gasteiger partial charge >= 0.3 is 0 Å². The maximum atomic E-state index is 14.4. The van der Waals surface area contributed by atoms with Crippen LogP contribution in [0.4, 0.5) is 10.1 Å². The molecule has 2 unspecified atom stereocenters. The number of anilines is 1. The second-order valence-corrected chi connectivity index (χ2v) is 6.62. The summed E-state index contributed by atoms with van der Waals surface area (Å²) in [6.07, 6.45) is 2.67. The van der Waals surface area contributed by atoms with E-state index >= 15 is 0 Å². The third kappa shape index (κ3) is 3.42. The largest absolute Gasteiger partial charge is 0.348 e. The lowest BCUT2D eigenvalue weighted by molar-refractivity contribution is -0.120. The zero-order chi connectivity index (χ0) is 17.3. The first-order chi connectivity index (χ1) is 11.5. The first kappa shape index (κ1) is 16.9. The number of hydrogen-bond donors (Lipinski definition) is 2. The molecule has 0 bridgehead atoms. The highest BCUT2D eigenvalue weighted by Gasteiger charge is 2.27. The minimum atomic E-state index is -0.622. The molecule has 0 aromatic heterocycles. The maximum absolute atomic E-state index is 14.4. The van der Waals surface area contributed by atoms with Crippen LogP contribution in [0.1, 0.15) is 29.6 Å². The van der Waals surface area contributed by atoms with Crippen molar-refractivity contribution in [1.29, 1.82) is 0 Å². The number of benzene rings is 1. The van der Waals surface area contributed by atoms with Gasteiger partial charge in [0.1, 0.15) is 5.82 Å². The van der Waals surface area contributed by atoms with Gasteiger partial charge in [0.2, 0.25) is 5.91 Å². The van der Waals surface area contributed by atoms with Crippen LogP contribution in [0, 0.1) is 5.82 Å². The number of nitrogens with two attached hydrogens (primary N) is 1. The number of nitrogens with zero attached hydrogens (tertiary/aromatic N) is 2. The topological polar surface area (TPSA) is 78.7 Å². The molecule has 1 aromatic carbocycles. The van der Waals surface area contributed by atoms with E-state index in [0.717, 1.165) is 25.8 Å². The van der Waals surface area contributed by atoms with Crippen LogP contribution in [-0.2, 0) is 4.79 Å². The van der Waals surface area contributed by atoms with Crippen molar-refractivity contribution >= 4 is 17.5 Å². The Kier molecular flexibility index (Phi) is 4.82. The summed E-state index contributed by atoms with van der Waals surface area (Å²) in [7, 11) is 1.87. The number of amides is 2. The SMILES string of the molecule is CN1CCN(c2ccc(C(=O)NC3CCCC3N)c(F)c2)C(=O)C1.